The van der Waals surface area contributed by atoms with Crippen LogP contribution < -0.4 is 5.32 Å². The van der Waals surface area contributed by atoms with E-state index in [1.165, 1.54) is 0 Å². The average molecular weight is 366 g/mol. The summed E-state index contributed by atoms with van der Waals surface area (Å²) in [6, 6.07) is 9.08. The monoisotopic (exact) mass is 366 g/mol. The minimum absolute atomic E-state index is 0.0353. The zero-order valence-electron chi connectivity index (χ0n) is 14.3. The molecule has 1 N–H and O–H groups in total. The number of amides is 1. The third kappa shape index (κ3) is 4.86. The van der Waals surface area contributed by atoms with Gasteiger partial charge in [0.25, 0.3) is 0 Å². The number of alkyl halides is 3. The van der Waals surface area contributed by atoms with E-state index in [0.29, 0.717) is 30.9 Å². The van der Waals surface area contributed by atoms with Gasteiger partial charge in [-0.05, 0) is 19.3 Å². The number of oxazole rings is 1. The lowest BCUT2D eigenvalue weighted by Gasteiger charge is -2.31. The van der Waals surface area contributed by atoms with Crippen LogP contribution in [0.25, 0.3) is 11.3 Å². The van der Waals surface area contributed by atoms with Crippen molar-refractivity contribution in [2.24, 2.45) is 5.92 Å². The van der Waals surface area contributed by atoms with Crippen LogP contribution in [0.3, 0.4) is 0 Å². The highest BCUT2D eigenvalue weighted by molar-refractivity contribution is 5.76. The van der Waals surface area contributed by atoms with E-state index >= 15 is 0 Å². The Morgan fingerprint density at radius 1 is 1.23 bits per heavy atom. The van der Waals surface area contributed by atoms with Gasteiger partial charge in [-0.25, -0.2) is 4.98 Å². The first-order valence-electron chi connectivity index (χ1n) is 8.78. The number of nitrogens with zero attached hydrogens (tertiary/aromatic N) is 1. The number of hydrogen-bond acceptors (Lipinski definition) is 3. The van der Waals surface area contributed by atoms with Crippen LogP contribution in [0.4, 0.5) is 13.2 Å². The molecule has 26 heavy (non-hydrogen) atoms. The summed E-state index contributed by atoms with van der Waals surface area (Å²) in [5.41, 5.74) is 0.899. The fraction of sp³-hybridized carbons (Fsp3) is 0.474. The molecule has 1 aromatic heterocycles. The summed E-state index contributed by atoms with van der Waals surface area (Å²) in [7, 11) is 0. The van der Waals surface area contributed by atoms with Gasteiger partial charge in [-0.1, -0.05) is 36.8 Å². The normalized spacial score (nSPS) is 20.7. The summed E-state index contributed by atoms with van der Waals surface area (Å²) in [6.07, 6.45) is -0.936. The number of benzene rings is 1. The molecule has 7 heteroatoms. The van der Waals surface area contributed by atoms with Crippen LogP contribution in [0.15, 0.2) is 40.9 Å². The lowest BCUT2D eigenvalue weighted by molar-refractivity contribution is -0.184. The molecule has 1 saturated carbocycles. The smallest absolute Gasteiger partial charge is 0.391 e. The zero-order valence-corrected chi connectivity index (χ0v) is 14.3. The van der Waals surface area contributed by atoms with Gasteiger partial charge in [0.05, 0.1) is 12.1 Å². The number of halogens is 3. The third-order valence-electron chi connectivity index (χ3n) is 4.68. The first-order chi connectivity index (χ1) is 12.4. The molecule has 1 heterocycles. The van der Waals surface area contributed by atoms with Crippen molar-refractivity contribution in [2.45, 2.75) is 50.7 Å². The van der Waals surface area contributed by atoms with E-state index in [-0.39, 0.29) is 25.2 Å². The molecule has 140 valence electrons. The van der Waals surface area contributed by atoms with Crippen molar-refractivity contribution in [2.75, 3.05) is 0 Å². The van der Waals surface area contributed by atoms with Crippen molar-refractivity contribution in [1.29, 1.82) is 0 Å². The summed E-state index contributed by atoms with van der Waals surface area (Å²) in [4.78, 5) is 16.2. The Bertz CT molecular complexity index is 728. The maximum atomic E-state index is 12.8. The molecular weight excluding hydrogens is 345 g/mol. The van der Waals surface area contributed by atoms with Crippen LogP contribution in [-0.2, 0) is 11.2 Å². The van der Waals surface area contributed by atoms with E-state index in [9.17, 15) is 18.0 Å². The van der Waals surface area contributed by atoms with Crippen LogP contribution in [0, 0.1) is 5.92 Å². The molecule has 0 saturated heterocycles. The summed E-state index contributed by atoms with van der Waals surface area (Å²) in [6.45, 7) is 0. The lowest BCUT2D eigenvalue weighted by Crippen LogP contribution is -2.41. The number of rotatable bonds is 5. The molecule has 0 spiro atoms. The van der Waals surface area contributed by atoms with Gasteiger partial charge in [-0.2, -0.15) is 13.2 Å². The third-order valence-corrected chi connectivity index (χ3v) is 4.68. The standard InChI is InChI=1S/C19H21F3N2O2/c20-19(21,22)14-7-4-8-15(11-14)24-17(25)9-10-18-23-12-16(26-18)13-5-2-1-3-6-13/h1-3,5-6,12,14-15H,4,7-11H2,(H,24,25). The molecule has 2 aromatic rings. The maximum Gasteiger partial charge on any atom is 0.391 e. The molecule has 3 rings (SSSR count). The molecule has 2 unspecified atom stereocenters. The first kappa shape index (κ1) is 18.5. The van der Waals surface area contributed by atoms with Gasteiger partial charge in [0, 0.05) is 24.4 Å². The van der Waals surface area contributed by atoms with Crippen molar-refractivity contribution < 1.29 is 22.4 Å². The van der Waals surface area contributed by atoms with Crippen LogP contribution in [0.1, 0.15) is 38.0 Å². The molecule has 1 aromatic carbocycles. The topological polar surface area (TPSA) is 55.1 Å². The van der Waals surface area contributed by atoms with E-state index in [2.05, 4.69) is 10.3 Å². The van der Waals surface area contributed by atoms with Crippen LogP contribution in [0.5, 0.6) is 0 Å². The molecule has 1 fully saturated rings. The Balaban J connectivity index is 1.48. The van der Waals surface area contributed by atoms with Crippen molar-refractivity contribution in [3.05, 3.63) is 42.4 Å². The largest absolute Gasteiger partial charge is 0.441 e. The molecule has 1 aliphatic rings. The number of aromatic nitrogens is 1. The summed E-state index contributed by atoms with van der Waals surface area (Å²) >= 11 is 0. The Kier molecular flexibility index (Phi) is 5.64. The second-order valence-corrected chi connectivity index (χ2v) is 6.65. The van der Waals surface area contributed by atoms with E-state index in [4.69, 9.17) is 4.42 Å². The first-order valence-corrected chi connectivity index (χ1v) is 8.78. The number of aryl methyl sites for hydroxylation is 1. The number of hydrogen-bond donors (Lipinski definition) is 1. The van der Waals surface area contributed by atoms with Gasteiger partial charge in [0.2, 0.25) is 5.91 Å². The lowest BCUT2D eigenvalue weighted by atomic mass is 9.85. The summed E-state index contributed by atoms with van der Waals surface area (Å²) < 4.78 is 44.1. The van der Waals surface area contributed by atoms with E-state index in [1.807, 2.05) is 30.3 Å². The SMILES string of the molecule is O=C(CCc1ncc(-c2ccccc2)o1)NC1CCCC(C(F)(F)F)C1. The van der Waals surface area contributed by atoms with Crippen LogP contribution >= 0.6 is 0 Å². The van der Waals surface area contributed by atoms with Gasteiger partial charge >= 0.3 is 6.18 Å². The molecule has 0 aliphatic heterocycles. The zero-order chi connectivity index (χ0) is 18.6. The Labute approximate surface area is 149 Å². The average Bonchev–Trinajstić information content (AvgIpc) is 3.09. The minimum atomic E-state index is -4.19. The second-order valence-electron chi connectivity index (χ2n) is 6.65. The van der Waals surface area contributed by atoms with Crippen molar-refractivity contribution in [1.82, 2.24) is 10.3 Å². The number of carbonyl (C=O) groups excluding carboxylic acids is 1. The Hall–Kier alpha value is -2.31. The number of nitrogens with one attached hydrogen (secondary N) is 1. The fourth-order valence-corrected chi connectivity index (χ4v) is 3.30. The van der Waals surface area contributed by atoms with Crippen LogP contribution in [0.2, 0.25) is 0 Å². The molecule has 2 atom stereocenters. The highest BCUT2D eigenvalue weighted by Crippen LogP contribution is 2.37. The highest BCUT2D eigenvalue weighted by atomic mass is 19.4. The molecule has 0 radical (unpaired) electrons. The number of carbonyl (C=O) groups is 1. The Morgan fingerprint density at radius 3 is 2.73 bits per heavy atom. The summed E-state index contributed by atoms with van der Waals surface area (Å²) in [5.74, 6) is -0.517. The van der Waals surface area contributed by atoms with Gasteiger partial charge in [-0.15, -0.1) is 0 Å². The van der Waals surface area contributed by atoms with Gasteiger partial charge < -0.3 is 9.73 Å². The Morgan fingerprint density at radius 2 is 2.00 bits per heavy atom. The van der Waals surface area contributed by atoms with Crippen molar-refractivity contribution >= 4 is 5.91 Å². The molecular formula is C19H21F3N2O2. The van der Waals surface area contributed by atoms with E-state index in [0.717, 1.165) is 5.56 Å². The predicted octanol–water partition coefficient (Wildman–Crippen LogP) is 4.51. The molecule has 4 nitrogen and oxygen atoms in total. The predicted molar refractivity (Wildman–Crippen MR) is 90.2 cm³/mol. The van der Waals surface area contributed by atoms with Crippen molar-refractivity contribution in [3.8, 4) is 11.3 Å². The highest BCUT2D eigenvalue weighted by Gasteiger charge is 2.42. The van der Waals surface area contributed by atoms with Gasteiger partial charge in [0.15, 0.2) is 11.7 Å². The van der Waals surface area contributed by atoms with E-state index in [1.54, 1.807) is 6.20 Å². The fourth-order valence-electron chi connectivity index (χ4n) is 3.30. The van der Waals surface area contributed by atoms with Gasteiger partial charge in [-0.3, -0.25) is 4.79 Å². The summed E-state index contributed by atoms with van der Waals surface area (Å²) in [5, 5.41) is 2.72. The maximum absolute atomic E-state index is 12.8. The van der Waals surface area contributed by atoms with Gasteiger partial charge in [0.1, 0.15) is 0 Å². The molecule has 1 aliphatic carbocycles. The molecule has 0 bridgehead atoms. The molecule has 1 amide bonds. The quantitative estimate of drug-likeness (QED) is 0.847. The van der Waals surface area contributed by atoms with E-state index < -0.39 is 18.1 Å². The van der Waals surface area contributed by atoms with Crippen molar-refractivity contribution in [3.63, 3.8) is 0 Å². The second kappa shape index (κ2) is 7.93. The van der Waals surface area contributed by atoms with Crippen LogP contribution in [-0.4, -0.2) is 23.1 Å². The minimum Gasteiger partial charge on any atom is -0.441 e.